The van der Waals surface area contributed by atoms with Gasteiger partial charge in [0.25, 0.3) is 5.69 Å². The minimum absolute atomic E-state index is 0.315. The van der Waals surface area contributed by atoms with Gasteiger partial charge in [0.2, 0.25) is 10.0 Å². The Hall–Kier alpha value is -1.58. The Labute approximate surface area is 115 Å². The van der Waals surface area contributed by atoms with Crippen LogP contribution in [0, 0.1) is 15.9 Å². The van der Waals surface area contributed by atoms with Gasteiger partial charge in [0, 0.05) is 12.1 Å². The van der Waals surface area contributed by atoms with E-state index in [0.717, 1.165) is 18.6 Å². The number of nitro groups is 1. The Balaban J connectivity index is 2.36. The average molecular weight is 303 g/mol. The van der Waals surface area contributed by atoms with E-state index >= 15 is 0 Å². The Morgan fingerprint density at radius 2 is 2.10 bits per heavy atom. The molecular weight excluding hydrogens is 289 g/mol. The van der Waals surface area contributed by atoms with Crippen LogP contribution in [0.5, 0.6) is 0 Å². The van der Waals surface area contributed by atoms with E-state index in [4.69, 9.17) is 5.73 Å². The van der Waals surface area contributed by atoms with Gasteiger partial charge in [-0.2, -0.15) is 0 Å². The first-order chi connectivity index (χ1) is 9.31. The van der Waals surface area contributed by atoms with E-state index in [0.29, 0.717) is 18.9 Å². The molecular formula is C11H14FN3O4S. The lowest BCUT2D eigenvalue weighted by molar-refractivity contribution is -0.388. The lowest BCUT2D eigenvalue weighted by Gasteiger charge is -2.17. The highest BCUT2D eigenvalue weighted by molar-refractivity contribution is 7.89. The van der Waals surface area contributed by atoms with E-state index in [2.05, 4.69) is 4.72 Å². The predicted molar refractivity (Wildman–Crippen MR) is 69.0 cm³/mol. The van der Waals surface area contributed by atoms with Crippen LogP contribution in [-0.2, 0) is 10.0 Å². The summed E-state index contributed by atoms with van der Waals surface area (Å²) < 4.78 is 39.7. The van der Waals surface area contributed by atoms with Crippen LogP contribution in [0.3, 0.4) is 0 Å². The van der Waals surface area contributed by atoms with Gasteiger partial charge in [0.15, 0.2) is 4.90 Å². The Morgan fingerprint density at radius 3 is 2.65 bits per heavy atom. The molecule has 0 spiro atoms. The van der Waals surface area contributed by atoms with Crippen molar-refractivity contribution in [3.8, 4) is 0 Å². The van der Waals surface area contributed by atoms with E-state index in [1.54, 1.807) is 0 Å². The normalized spacial score (nSPS) is 22.9. The van der Waals surface area contributed by atoms with E-state index in [9.17, 15) is 22.9 Å². The minimum atomic E-state index is -4.11. The van der Waals surface area contributed by atoms with Crippen LogP contribution < -0.4 is 10.5 Å². The molecule has 1 saturated carbocycles. The molecule has 9 heteroatoms. The number of nitrogens with one attached hydrogen (secondary N) is 1. The summed E-state index contributed by atoms with van der Waals surface area (Å²) in [5.74, 6) is -0.867. The van der Waals surface area contributed by atoms with Crippen LogP contribution in [0.2, 0.25) is 0 Å². The van der Waals surface area contributed by atoms with Crippen molar-refractivity contribution in [3.05, 3.63) is 34.1 Å². The number of halogens is 1. The molecule has 1 aromatic carbocycles. The molecule has 0 amide bonds. The van der Waals surface area contributed by atoms with Gasteiger partial charge < -0.3 is 5.73 Å². The maximum absolute atomic E-state index is 13.0. The second-order valence-electron chi connectivity index (χ2n) is 4.69. The van der Waals surface area contributed by atoms with Gasteiger partial charge in [0.1, 0.15) is 5.82 Å². The molecule has 0 aromatic heterocycles. The Morgan fingerprint density at radius 1 is 1.40 bits per heavy atom. The number of hydrogen-bond acceptors (Lipinski definition) is 5. The smallest absolute Gasteiger partial charge is 0.292 e. The standard InChI is InChI=1S/C11H14FN3O4S/c12-7-4-5-11(10(6-7)15(16)17)20(18,19)14-9-3-1-2-8(9)13/h4-6,8-9,14H,1-3,13H2. The molecule has 1 aliphatic carbocycles. The average Bonchev–Trinajstić information content (AvgIpc) is 2.74. The van der Waals surface area contributed by atoms with Gasteiger partial charge in [-0.1, -0.05) is 6.42 Å². The maximum atomic E-state index is 13.0. The summed E-state index contributed by atoms with van der Waals surface area (Å²) >= 11 is 0. The number of sulfonamides is 1. The number of benzene rings is 1. The van der Waals surface area contributed by atoms with Gasteiger partial charge in [0.05, 0.1) is 11.0 Å². The third-order valence-corrected chi connectivity index (χ3v) is 4.82. The topological polar surface area (TPSA) is 115 Å². The van der Waals surface area contributed by atoms with Gasteiger partial charge in [-0.05, 0) is 25.0 Å². The number of hydrogen-bond donors (Lipinski definition) is 2. The Kier molecular flexibility index (Phi) is 4.02. The molecule has 1 fully saturated rings. The second kappa shape index (κ2) is 5.43. The summed E-state index contributed by atoms with van der Waals surface area (Å²) in [5.41, 5.74) is 4.98. The van der Waals surface area contributed by atoms with Crippen molar-refractivity contribution in [1.82, 2.24) is 4.72 Å². The van der Waals surface area contributed by atoms with Gasteiger partial charge in [-0.15, -0.1) is 0 Å². The highest BCUT2D eigenvalue weighted by atomic mass is 32.2. The van der Waals surface area contributed by atoms with Crippen LogP contribution in [0.4, 0.5) is 10.1 Å². The molecule has 0 heterocycles. The summed E-state index contributed by atoms with van der Waals surface area (Å²) in [6.07, 6.45) is 2.06. The van der Waals surface area contributed by atoms with Crippen molar-refractivity contribution >= 4 is 15.7 Å². The predicted octanol–water partition coefficient (Wildman–Crippen LogP) is 0.892. The van der Waals surface area contributed by atoms with Crippen molar-refractivity contribution in [1.29, 1.82) is 0 Å². The van der Waals surface area contributed by atoms with Gasteiger partial charge >= 0.3 is 0 Å². The van der Waals surface area contributed by atoms with E-state index < -0.39 is 37.4 Å². The fraction of sp³-hybridized carbons (Fsp3) is 0.455. The first kappa shape index (κ1) is 14.8. The molecule has 0 aliphatic heterocycles. The zero-order valence-electron chi connectivity index (χ0n) is 10.5. The number of nitro benzene ring substituents is 1. The molecule has 1 aliphatic rings. The maximum Gasteiger partial charge on any atom is 0.292 e. The molecule has 0 saturated heterocycles. The van der Waals surface area contributed by atoms with E-state index in [1.165, 1.54) is 0 Å². The summed E-state index contributed by atoms with van der Waals surface area (Å²) in [6, 6.07) is 1.57. The zero-order chi connectivity index (χ0) is 14.9. The summed E-state index contributed by atoms with van der Waals surface area (Å²) in [6.45, 7) is 0. The fourth-order valence-corrected chi connectivity index (χ4v) is 3.73. The molecule has 0 radical (unpaired) electrons. The number of nitrogens with zero attached hydrogens (tertiary/aromatic N) is 1. The lowest BCUT2D eigenvalue weighted by Crippen LogP contribution is -2.44. The molecule has 2 atom stereocenters. The van der Waals surface area contributed by atoms with Gasteiger partial charge in [-0.25, -0.2) is 17.5 Å². The highest BCUT2D eigenvalue weighted by Crippen LogP contribution is 2.26. The van der Waals surface area contributed by atoms with Crippen molar-refractivity contribution in [2.24, 2.45) is 5.73 Å². The lowest BCUT2D eigenvalue weighted by atomic mass is 10.2. The first-order valence-corrected chi connectivity index (χ1v) is 7.51. The minimum Gasteiger partial charge on any atom is -0.326 e. The van der Waals surface area contributed by atoms with Crippen LogP contribution in [0.15, 0.2) is 23.1 Å². The molecule has 1 aromatic rings. The van der Waals surface area contributed by atoms with E-state index in [-0.39, 0.29) is 6.04 Å². The third kappa shape index (κ3) is 2.94. The molecule has 3 N–H and O–H groups in total. The van der Waals surface area contributed by atoms with Crippen LogP contribution in [0.25, 0.3) is 0 Å². The first-order valence-electron chi connectivity index (χ1n) is 6.03. The third-order valence-electron chi connectivity index (χ3n) is 3.28. The van der Waals surface area contributed by atoms with Gasteiger partial charge in [-0.3, -0.25) is 10.1 Å². The number of nitrogens with two attached hydrogens (primary N) is 1. The molecule has 0 bridgehead atoms. The van der Waals surface area contributed by atoms with Crippen LogP contribution in [0.1, 0.15) is 19.3 Å². The second-order valence-corrected chi connectivity index (χ2v) is 6.37. The Bertz CT molecular complexity index is 635. The zero-order valence-corrected chi connectivity index (χ0v) is 11.3. The van der Waals surface area contributed by atoms with Crippen molar-refractivity contribution in [3.63, 3.8) is 0 Å². The fourth-order valence-electron chi connectivity index (χ4n) is 2.26. The number of rotatable bonds is 4. The SMILES string of the molecule is NC1CCCC1NS(=O)(=O)c1ccc(F)cc1[N+](=O)[O-]. The summed E-state index contributed by atoms with van der Waals surface area (Å²) in [5, 5.41) is 10.8. The van der Waals surface area contributed by atoms with Crippen LogP contribution >= 0.6 is 0 Å². The summed E-state index contributed by atoms with van der Waals surface area (Å²) in [4.78, 5) is 9.37. The van der Waals surface area contributed by atoms with Crippen LogP contribution in [-0.4, -0.2) is 25.4 Å². The molecule has 7 nitrogen and oxygen atoms in total. The van der Waals surface area contributed by atoms with Crippen molar-refractivity contribution < 1.29 is 17.7 Å². The molecule has 110 valence electrons. The summed E-state index contributed by atoms with van der Waals surface area (Å²) in [7, 11) is -4.11. The quantitative estimate of drug-likeness (QED) is 0.633. The molecule has 2 rings (SSSR count). The highest BCUT2D eigenvalue weighted by Gasteiger charge is 2.32. The molecule has 2 unspecified atom stereocenters. The largest absolute Gasteiger partial charge is 0.326 e. The van der Waals surface area contributed by atoms with Crippen molar-refractivity contribution in [2.75, 3.05) is 0 Å². The molecule has 20 heavy (non-hydrogen) atoms. The monoisotopic (exact) mass is 303 g/mol. The van der Waals surface area contributed by atoms with Crippen molar-refractivity contribution in [2.45, 2.75) is 36.2 Å². The van der Waals surface area contributed by atoms with E-state index in [1.807, 2.05) is 0 Å².